The molecule has 1 unspecified atom stereocenters. The van der Waals surface area contributed by atoms with Crippen LogP contribution in [0.4, 0.5) is 0 Å². The smallest absolute Gasteiger partial charge is 0.0701 e. The maximum atomic E-state index is 6.00. The van der Waals surface area contributed by atoms with E-state index < -0.39 is 0 Å². The molecule has 0 aromatic carbocycles. The number of hydrogen-bond donors (Lipinski definition) is 1. The van der Waals surface area contributed by atoms with Crippen LogP contribution >= 0.6 is 38.9 Å². The first-order chi connectivity index (χ1) is 7.22. The highest BCUT2D eigenvalue weighted by molar-refractivity contribution is 9.11. The minimum absolute atomic E-state index is 0.109. The van der Waals surface area contributed by atoms with Crippen LogP contribution in [0.1, 0.15) is 11.3 Å². The van der Waals surface area contributed by atoms with E-state index in [0.29, 0.717) is 6.61 Å². The molecule has 0 saturated heterocycles. The van der Waals surface area contributed by atoms with Crippen LogP contribution in [0.2, 0.25) is 0 Å². The summed E-state index contributed by atoms with van der Waals surface area (Å²) in [5.74, 6) is 0. The van der Waals surface area contributed by atoms with Crippen molar-refractivity contribution < 1.29 is 4.74 Å². The Kier molecular flexibility index (Phi) is 6.84. The van der Waals surface area contributed by atoms with Crippen LogP contribution in [0.25, 0.3) is 0 Å². The first-order valence-electron chi connectivity index (χ1n) is 4.80. The highest BCUT2D eigenvalue weighted by atomic mass is 79.9. The number of ether oxygens (including phenoxy) is 1. The van der Waals surface area contributed by atoms with E-state index in [1.54, 1.807) is 18.4 Å². The molecule has 5 heteroatoms. The molecular formula is C10H15BrClNOS. The monoisotopic (exact) mass is 311 g/mol. The van der Waals surface area contributed by atoms with E-state index >= 15 is 0 Å². The third kappa shape index (κ3) is 5.88. The summed E-state index contributed by atoms with van der Waals surface area (Å²) in [4.78, 5) is 1.33. The fourth-order valence-corrected chi connectivity index (χ4v) is 2.87. The van der Waals surface area contributed by atoms with Crippen molar-refractivity contribution in [1.82, 2.24) is 5.32 Å². The van der Waals surface area contributed by atoms with Gasteiger partial charge in [0, 0.05) is 18.5 Å². The maximum Gasteiger partial charge on any atom is 0.0701 e. The summed E-state index contributed by atoms with van der Waals surface area (Å²) in [6, 6.07) is 4.19. The second kappa shape index (κ2) is 7.63. The Morgan fingerprint density at radius 1 is 1.60 bits per heavy atom. The SMILES string of the molecule is COCC(Cl)CCNCc1ccc(Br)s1. The predicted molar refractivity (Wildman–Crippen MR) is 69.9 cm³/mol. The van der Waals surface area contributed by atoms with E-state index in [0.717, 1.165) is 19.5 Å². The van der Waals surface area contributed by atoms with Gasteiger partial charge in [-0.05, 0) is 41.0 Å². The van der Waals surface area contributed by atoms with Crippen molar-refractivity contribution in [3.8, 4) is 0 Å². The second-order valence-corrected chi connectivity index (χ2v) is 6.39. The molecule has 15 heavy (non-hydrogen) atoms. The summed E-state index contributed by atoms with van der Waals surface area (Å²) in [7, 11) is 1.67. The van der Waals surface area contributed by atoms with Gasteiger partial charge in [0.15, 0.2) is 0 Å². The van der Waals surface area contributed by atoms with Crippen LogP contribution in [-0.4, -0.2) is 25.6 Å². The van der Waals surface area contributed by atoms with E-state index in [1.165, 1.54) is 8.66 Å². The van der Waals surface area contributed by atoms with E-state index in [4.69, 9.17) is 16.3 Å². The van der Waals surface area contributed by atoms with Crippen LogP contribution < -0.4 is 5.32 Å². The van der Waals surface area contributed by atoms with Crippen molar-refractivity contribution in [1.29, 1.82) is 0 Å². The van der Waals surface area contributed by atoms with Crippen molar-refractivity contribution in [3.63, 3.8) is 0 Å². The lowest BCUT2D eigenvalue weighted by atomic mass is 10.3. The van der Waals surface area contributed by atoms with Crippen molar-refractivity contribution in [2.45, 2.75) is 18.3 Å². The molecule has 0 aliphatic heterocycles. The lowest BCUT2D eigenvalue weighted by Crippen LogP contribution is -2.19. The van der Waals surface area contributed by atoms with Gasteiger partial charge in [-0.15, -0.1) is 22.9 Å². The van der Waals surface area contributed by atoms with Crippen LogP contribution in [0, 0.1) is 0 Å². The third-order valence-corrected chi connectivity index (χ3v) is 3.88. The molecule has 0 saturated carbocycles. The van der Waals surface area contributed by atoms with Gasteiger partial charge in [0.2, 0.25) is 0 Å². The zero-order valence-corrected chi connectivity index (χ0v) is 11.8. The third-order valence-electron chi connectivity index (χ3n) is 1.91. The molecule has 1 heterocycles. The zero-order chi connectivity index (χ0) is 11.1. The van der Waals surface area contributed by atoms with Gasteiger partial charge in [0.1, 0.15) is 0 Å². The number of rotatable bonds is 7. The van der Waals surface area contributed by atoms with Gasteiger partial charge in [-0.2, -0.15) is 0 Å². The summed E-state index contributed by atoms with van der Waals surface area (Å²) in [6.45, 7) is 2.45. The van der Waals surface area contributed by atoms with E-state index in [1.807, 2.05) is 0 Å². The Hall–Kier alpha value is 0.390. The number of hydrogen-bond acceptors (Lipinski definition) is 3. The summed E-state index contributed by atoms with van der Waals surface area (Å²) < 4.78 is 6.13. The second-order valence-electron chi connectivity index (χ2n) is 3.22. The average Bonchev–Trinajstić information content (AvgIpc) is 2.60. The Balaban J connectivity index is 2.06. The molecule has 0 radical (unpaired) electrons. The van der Waals surface area contributed by atoms with Crippen molar-refractivity contribution in [2.24, 2.45) is 0 Å². The van der Waals surface area contributed by atoms with Gasteiger partial charge in [-0.25, -0.2) is 0 Å². The molecule has 1 atom stereocenters. The van der Waals surface area contributed by atoms with Crippen LogP contribution in [0.15, 0.2) is 15.9 Å². The summed E-state index contributed by atoms with van der Waals surface area (Å²) in [5, 5.41) is 3.46. The Labute approximate surface area is 108 Å². The molecule has 86 valence electrons. The molecule has 1 rings (SSSR count). The molecule has 1 aromatic heterocycles. The van der Waals surface area contributed by atoms with Gasteiger partial charge < -0.3 is 10.1 Å². The van der Waals surface area contributed by atoms with Gasteiger partial charge in [-0.1, -0.05) is 0 Å². The number of halogens is 2. The van der Waals surface area contributed by atoms with Crippen LogP contribution in [-0.2, 0) is 11.3 Å². The molecular weight excluding hydrogens is 298 g/mol. The summed E-state index contributed by atoms with van der Waals surface area (Å²) in [5.41, 5.74) is 0. The molecule has 1 N–H and O–H groups in total. The van der Waals surface area contributed by atoms with Gasteiger partial charge >= 0.3 is 0 Å². The normalized spacial score (nSPS) is 13.0. The Bertz CT molecular complexity index is 282. The molecule has 0 spiro atoms. The summed E-state index contributed by atoms with van der Waals surface area (Å²) in [6.07, 6.45) is 0.932. The topological polar surface area (TPSA) is 21.3 Å². The predicted octanol–water partition coefficient (Wildman–Crippen LogP) is 3.24. The average molecular weight is 313 g/mol. The lowest BCUT2D eigenvalue weighted by Gasteiger charge is -2.08. The zero-order valence-electron chi connectivity index (χ0n) is 8.63. The molecule has 0 aliphatic rings. The minimum atomic E-state index is 0.109. The van der Waals surface area contributed by atoms with Gasteiger partial charge in [-0.3, -0.25) is 0 Å². The highest BCUT2D eigenvalue weighted by Gasteiger charge is 2.03. The largest absolute Gasteiger partial charge is 0.383 e. The fourth-order valence-electron chi connectivity index (χ4n) is 1.18. The molecule has 0 fully saturated rings. The van der Waals surface area contributed by atoms with Crippen molar-refractivity contribution >= 4 is 38.9 Å². The Morgan fingerprint density at radius 2 is 2.40 bits per heavy atom. The lowest BCUT2D eigenvalue weighted by molar-refractivity contribution is 0.195. The fraction of sp³-hybridized carbons (Fsp3) is 0.600. The molecule has 0 aliphatic carbocycles. The number of nitrogens with one attached hydrogen (secondary N) is 1. The first kappa shape index (κ1) is 13.5. The van der Waals surface area contributed by atoms with Crippen molar-refractivity contribution in [3.05, 3.63) is 20.8 Å². The highest BCUT2D eigenvalue weighted by Crippen LogP contribution is 2.21. The number of alkyl halides is 1. The number of methoxy groups -OCH3 is 1. The number of thiophene rings is 1. The molecule has 1 aromatic rings. The minimum Gasteiger partial charge on any atom is -0.383 e. The Morgan fingerprint density at radius 3 is 3.00 bits per heavy atom. The molecule has 2 nitrogen and oxygen atoms in total. The van der Waals surface area contributed by atoms with Crippen LogP contribution in [0.5, 0.6) is 0 Å². The van der Waals surface area contributed by atoms with Gasteiger partial charge in [0.25, 0.3) is 0 Å². The molecule has 0 amide bonds. The maximum absolute atomic E-state index is 6.00. The van der Waals surface area contributed by atoms with E-state index in [2.05, 4.69) is 33.4 Å². The molecule has 0 bridgehead atoms. The quantitative estimate of drug-likeness (QED) is 0.616. The van der Waals surface area contributed by atoms with Crippen molar-refractivity contribution in [2.75, 3.05) is 20.3 Å². The van der Waals surface area contributed by atoms with E-state index in [9.17, 15) is 0 Å². The summed E-state index contributed by atoms with van der Waals surface area (Å²) >= 11 is 11.2. The van der Waals surface area contributed by atoms with E-state index in [-0.39, 0.29) is 5.38 Å². The van der Waals surface area contributed by atoms with Crippen LogP contribution in [0.3, 0.4) is 0 Å². The first-order valence-corrected chi connectivity index (χ1v) is 6.85. The van der Waals surface area contributed by atoms with Gasteiger partial charge in [0.05, 0.1) is 15.8 Å². The standard InChI is InChI=1S/C10H15BrClNOS/c1-14-7-8(12)4-5-13-6-9-2-3-10(11)15-9/h2-3,8,13H,4-7H2,1H3.